The molecule has 0 aliphatic carbocycles. The lowest BCUT2D eigenvalue weighted by Crippen LogP contribution is -2.58. The number of hydrazine groups is 1. The van der Waals surface area contributed by atoms with Gasteiger partial charge in [-0.15, -0.1) is 0 Å². The van der Waals surface area contributed by atoms with Gasteiger partial charge in [0.1, 0.15) is 17.2 Å². The maximum atomic E-state index is 13.3. The molecule has 0 radical (unpaired) electrons. The lowest BCUT2D eigenvalue weighted by Gasteiger charge is -2.45. The highest BCUT2D eigenvalue weighted by Gasteiger charge is 2.36. The maximum absolute atomic E-state index is 13.3. The lowest BCUT2D eigenvalue weighted by molar-refractivity contribution is -0.137. The van der Waals surface area contributed by atoms with Crippen molar-refractivity contribution in [3.8, 4) is 11.5 Å². The van der Waals surface area contributed by atoms with Crippen LogP contribution in [-0.2, 0) is 10.9 Å². The molecule has 3 aliphatic heterocycles. The molecule has 3 saturated heterocycles. The number of imidazole rings is 1. The molecule has 0 bridgehead atoms. The highest BCUT2D eigenvalue weighted by Crippen LogP contribution is 2.31. The first-order valence-corrected chi connectivity index (χ1v) is 12.9. The number of alkyl halides is 3. The van der Waals surface area contributed by atoms with E-state index >= 15 is 0 Å². The molecule has 6 rings (SSSR count). The molecule has 3 aromatic rings. The van der Waals surface area contributed by atoms with Gasteiger partial charge in [-0.3, -0.25) is 20.2 Å². The van der Waals surface area contributed by atoms with E-state index in [0.29, 0.717) is 35.0 Å². The molecule has 9 nitrogen and oxygen atoms in total. The number of ether oxygens (including phenoxy) is 1. The van der Waals surface area contributed by atoms with E-state index in [1.807, 2.05) is 6.07 Å². The van der Waals surface area contributed by atoms with Crippen molar-refractivity contribution in [3.63, 3.8) is 0 Å². The Balaban J connectivity index is 1.25. The number of hydrogen-bond acceptors (Lipinski definition) is 8. The van der Waals surface area contributed by atoms with Crippen molar-refractivity contribution in [2.45, 2.75) is 25.1 Å². The number of hydrogen-bond donors (Lipinski definition) is 2. The van der Waals surface area contributed by atoms with E-state index in [9.17, 15) is 13.2 Å². The van der Waals surface area contributed by atoms with Gasteiger partial charge in [0.15, 0.2) is 5.82 Å². The number of piperazine rings is 1. The molecule has 6 heterocycles. The summed E-state index contributed by atoms with van der Waals surface area (Å²) in [7, 11) is 0. The predicted octanol–water partition coefficient (Wildman–Crippen LogP) is 2.45. The van der Waals surface area contributed by atoms with Crippen molar-refractivity contribution >= 4 is 11.5 Å². The molecule has 198 valence electrons. The second-order valence-corrected chi connectivity index (χ2v) is 10.1. The minimum Gasteiger partial charge on any atom is -0.381 e. The third-order valence-corrected chi connectivity index (χ3v) is 7.79. The molecule has 12 heteroatoms. The molecular formula is C25H31F3N8O. The molecule has 37 heavy (non-hydrogen) atoms. The van der Waals surface area contributed by atoms with E-state index in [-0.39, 0.29) is 0 Å². The van der Waals surface area contributed by atoms with Crippen LogP contribution in [0, 0.1) is 11.8 Å². The second kappa shape index (κ2) is 10.2. The molecule has 2 N–H and O–H groups in total. The topological polar surface area (TPSA) is 82.9 Å². The number of aromatic nitrogens is 4. The van der Waals surface area contributed by atoms with Gasteiger partial charge in [-0.1, -0.05) is 0 Å². The zero-order chi connectivity index (χ0) is 25.4. The van der Waals surface area contributed by atoms with Crippen molar-refractivity contribution in [2.24, 2.45) is 11.8 Å². The molecule has 0 saturated carbocycles. The largest absolute Gasteiger partial charge is 0.417 e. The Kier molecular flexibility index (Phi) is 6.74. The fourth-order valence-corrected chi connectivity index (χ4v) is 5.70. The van der Waals surface area contributed by atoms with Gasteiger partial charge in [0.25, 0.3) is 0 Å². The summed E-state index contributed by atoms with van der Waals surface area (Å²) in [5.41, 5.74) is 6.67. The van der Waals surface area contributed by atoms with Gasteiger partial charge in [0, 0.05) is 76.8 Å². The van der Waals surface area contributed by atoms with Crippen LogP contribution in [0.25, 0.3) is 17.2 Å². The normalized spacial score (nSPS) is 22.8. The highest BCUT2D eigenvalue weighted by molar-refractivity contribution is 5.59. The first-order chi connectivity index (χ1) is 18.0. The summed E-state index contributed by atoms with van der Waals surface area (Å²) in [5, 5.41) is 0. The summed E-state index contributed by atoms with van der Waals surface area (Å²) in [6.07, 6.45) is 2.03. The van der Waals surface area contributed by atoms with Gasteiger partial charge < -0.3 is 9.64 Å². The Labute approximate surface area is 213 Å². The lowest BCUT2D eigenvalue weighted by atomic mass is 9.93. The van der Waals surface area contributed by atoms with Crippen LogP contribution in [-0.4, -0.2) is 82.8 Å². The van der Waals surface area contributed by atoms with Gasteiger partial charge >= 0.3 is 6.18 Å². The smallest absolute Gasteiger partial charge is 0.381 e. The van der Waals surface area contributed by atoms with E-state index in [2.05, 4.69) is 30.6 Å². The van der Waals surface area contributed by atoms with Gasteiger partial charge in [-0.2, -0.15) is 13.2 Å². The monoisotopic (exact) mass is 516 g/mol. The van der Waals surface area contributed by atoms with Crippen LogP contribution in [0.5, 0.6) is 0 Å². The summed E-state index contributed by atoms with van der Waals surface area (Å²) in [5.74, 6) is 2.27. The van der Waals surface area contributed by atoms with Gasteiger partial charge in [0.2, 0.25) is 0 Å². The molecular weight excluding hydrogens is 485 g/mol. The average molecular weight is 517 g/mol. The molecule has 3 aromatic heterocycles. The van der Waals surface area contributed by atoms with Crippen molar-refractivity contribution in [1.82, 2.24) is 35.1 Å². The van der Waals surface area contributed by atoms with Gasteiger partial charge in [-0.25, -0.2) is 15.0 Å². The third-order valence-electron chi connectivity index (χ3n) is 7.79. The van der Waals surface area contributed by atoms with Crippen molar-refractivity contribution in [1.29, 1.82) is 0 Å². The first-order valence-electron chi connectivity index (χ1n) is 12.9. The van der Waals surface area contributed by atoms with E-state index in [0.717, 1.165) is 83.4 Å². The number of nitrogens with one attached hydrogen (secondary N) is 2. The molecule has 0 spiro atoms. The quantitative estimate of drug-likeness (QED) is 0.535. The third kappa shape index (κ3) is 5.15. The van der Waals surface area contributed by atoms with E-state index in [1.165, 1.54) is 16.7 Å². The van der Waals surface area contributed by atoms with E-state index < -0.39 is 11.7 Å². The zero-order valence-corrected chi connectivity index (χ0v) is 20.5. The number of halogens is 3. The molecule has 1 atom stereocenters. The van der Waals surface area contributed by atoms with Gasteiger partial charge in [-0.05, 0) is 37.0 Å². The number of fused-ring (bicyclic) bond motifs is 1. The van der Waals surface area contributed by atoms with Crippen LogP contribution in [0.2, 0.25) is 0 Å². The minimum absolute atomic E-state index is 0.356. The van der Waals surface area contributed by atoms with Crippen LogP contribution in [0.4, 0.5) is 19.0 Å². The number of anilines is 1. The minimum atomic E-state index is -4.44. The van der Waals surface area contributed by atoms with E-state index in [4.69, 9.17) is 9.72 Å². The van der Waals surface area contributed by atoms with Crippen molar-refractivity contribution < 1.29 is 17.9 Å². The Morgan fingerprint density at radius 1 is 1.03 bits per heavy atom. The highest BCUT2D eigenvalue weighted by atomic mass is 19.4. The number of rotatable bonds is 5. The van der Waals surface area contributed by atoms with Crippen molar-refractivity contribution in [3.05, 3.63) is 42.4 Å². The Morgan fingerprint density at radius 3 is 2.62 bits per heavy atom. The second-order valence-electron chi connectivity index (χ2n) is 10.1. The molecule has 3 aliphatic rings. The number of nitrogens with zero attached hydrogens (tertiary/aromatic N) is 6. The maximum Gasteiger partial charge on any atom is 0.417 e. The van der Waals surface area contributed by atoms with Crippen LogP contribution in [0.15, 0.2) is 36.8 Å². The average Bonchev–Trinajstić information content (AvgIpc) is 3.59. The van der Waals surface area contributed by atoms with E-state index in [1.54, 1.807) is 6.20 Å². The Bertz CT molecular complexity index is 1220. The molecule has 3 fully saturated rings. The van der Waals surface area contributed by atoms with Crippen LogP contribution >= 0.6 is 0 Å². The first kappa shape index (κ1) is 24.5. The summed E-state index contributed by atoms with van der Waals surface area (Å²) in [4.78, 5) is 18.3. The summed E-state index contributed by atoms with van der Waals surface area (Å²) < 4.78 is 46.9. The van der Waals surface area contributed by atoms with Crippen molar-refractivity contribution in [2.75, 3.05) is 57.4 Å². The summed E-state index contributed by atoms with van der Waals surface area (Å²) >= 11 is 0. The SMILES string of the molecule is FC(F)(F)c1ccc2ncc(-c3nccc(N4CCN(CC5CCOCC5)C(C5CNNC5)C4)n3)n2c1. The molecule has 0 amide bonds. The molecule has 1 unspecified atom stereocenters. The fourth-order valence-electron chi connectivity index (χ4n) is 5.70. The van der Waals surface area contributed by atoms with Crippen LogP contribution in [0.3, 0.4) is 0 Å². The fraction of sp³-hybridized carbons (Fsp3) is 0.560. The van der Waals surface area contributed by atoms with Crippen LogP contribution < -0.4 is 15.8 Å². The van der Waals surface area contributed by atoms with Crippen LogP contribution in [0.1, 0.15) is 18.4 Å². The summed E-state index contributed by atoms with van der Waals surface area (Å²) in [6, 6.07) is 4.64. The predicted molar refractivity (Wildman–Crippen MR) is 132 cm³/mol. The standard InChI is InChI=1S/C25H31F3N8O/c26-25(27,28)19-1-2-22-30-13-20(36(22)15-19)24-29-6-3-23(33-24)35-8-7-34(14-17-4-9-37-10-5-17)21(16-35)18-11-31-32-12-18/h1-3,6,13,15,17-18,21,31-32H,4-5,7-12,14,16H2. The number of pyridine rings is 1. The van der Waals surface area contributed by atoms with Gasteiger partial charge in [0.05, 0.1) is 11.8 Å². The zero-order valence-electron chi connectivity index (χ0n) is 20.5. The summed E-state index contributed by atoms with van der Waals surface area (Å²) in [6.45, 7) is 7.20. The Hall–Kier alpha value is -2.80. The Morgan fingerprint density at radius 2 is 1.84 bits per heavy atom. The molecule has 0 aromatic carbocycles.